The van der Waals surface area contributed by atoms with Gasteiger partial charge in [-0.05, 0) is 6.42 Å². The molecule has 0 aromatic carbocycles. The van der Waals surface area contributed by atoms with E-state index in [4.69, 9.17) is 10.2 Å². The third kappa shape index (κ3) is 4.29. The molecule has 1 atom stereocenters. The van der Waals surface area contributed by atoms with E-state index in [1.807, 2.05) is 0 Å². The van der Waals surface area contributed by atoms with E-state index in [0.29, 0.717) is 6.42 Å². The Labute approximate surface area is 93.6 Å². The Morgan fingerprint density at radius 3 is 2.06 bits per heavy atom. The number of carboxylic acids is 2. The molecule has 1 amide bonds. The molecule has 0 saturated carbocycles. The molecule has 16 heavy (non-hydrogen) atoms. The molecule has 0 aliphatic carbocycles. The van der Waals surface area contributed by atoms with Gasteiger partial charge in [-0.2, -0.15) is 0 Å². The summed E-state index contributed by atoms with van der Waals surface area (Å²) in [4.78, 5) is 32.7. The number of amides is 1. The Kier molecular flexibility index (Phi) is 4.94. The fraction of sp³-hybridized carbons (Fsp3) is 0.700. The Hall–Kier alpha value is -1.59. The SMILES string of the molecule is CCC(C)(C)C(=O)N[C@@H](CC(=O)O)C(=O)O. The lowest BCUT2D eigenvalue weighted by atomic mass is 9.89. The molecular formula is C10H17NO5. The lowest BCUT2D eigenvalue weighted by Crippen LogP contribution is -2.47. The van der Waals surface area contributed by atoms with Gasteiger partial charge in [0.25, 0.3) is 0 Å². The van der Waals surface area contributed by atoms with Crippen molar-refractivity contribution >= 4 is 17.8 Å². The first-order valence-corrected chi connectivity index (χ1v) is 4.96. The van der Waals surface area contributed by atoms with E-state index < -0.39 is 35.7 Å². The minimum atomic E-state index is -1.38. The van der Waals surface area contributed by atoms with E-state index in [1.165, 1.54) is 0 Å². The normalized spacial score (nSPS) is 12.9. The molecule has 0 aliphatic rings. The maximum absolute atomic E-state index is 11.6. The number of carboxylic acid groups (broad SMARTS) is 2. The molecule has 92 valence electrons. The summed E-state index contributed by atoms with van der Waals surface area (Å²) in [5.74, 6) is -3.06. The van der Waals surface area contributed by atoms with Crippen LogP contribution in [0.2, 0.25) is 0 Å². The number of hydrogen-bond donors (Lipinski definition) is 3. The minimum absolute atomic E-state index is 0.455. The van der Waals surface area contributed by atoms with Crippen LogP contribution in [0.3, 0.4) is 0 Å². The van der Waals surface area contributed by atoms with E-state index in [-0.39, 0.29) is 0 Å². The highest BCUT2D eigenvalue weighted by atomic mass is 16.4. The van der Waals surface area contributed by atoms with Gasteiger partial charge in [-0.25, -0.2) is 4.79 Å². The molecule has 0 rings (SSSR count). The fourth-order valence-corrected chi connectivity index (χ4v) is 0.889. The topological polar surface area (TPSA) is 104 Å². The zero-order chi connectivity index (χ0) is 12.9. The molecule has 6 nitrogen and oxygen atoms in total. The Bertz CT molecular complexity index is 298. The summed E-state index contributed by atoms with van der Waals surface area (Å²) in [7, 11) is 0. The average Bonchev–Trinajstić information content (AvgIpc) is 2.15. The van der Waals surface area contributed by atoms with Crippen molar-refractivity contribution in [2.45, 2.75) is 39.7 Å². The van der Waals surface area contributed by atoms with Gasteiger partial charge >= 0.3 is 11.9 Å². The second-order valence-electron chi connectivity index (χ2n) is 4.20. The Morgan fingerprint density at radius 2 is 1.75 bits per heavy atom. The van der Waals surface area contributed by atoms with Crippen molar-refractivity contribution in [3.8, 4) is 0 Å². The van der Waals surface area contributed by atoms with E-state index in [2.05, 4.69) is 5.32 Å². The molecule has 3 N–H and O–H groups in total. The maximum Gasteiger partial charge on any atom is 0.326 e. The number of carbonyl (C=O) groups excluding carboxylic acids is 1. The van der Waals surface area contributed by atoms with Gasteiger partial charge in [-0.1, -0.05) is 20.8 Å². The van der Waals surface area contributed by atoms with Crippen LogP contribution >= 0.6 is 0 Å². The molecule has 0 aromatic rings. The van der Waals surface area contributed by atoms with Crippen LogP contribution in [0.5, 0.6) is 0 Å². The van der Waals surface area contributed by atoms with Crippen molar-refractivity contribution in [2.24, 2.45) is 5.41 Å². The van der Waals surface area contributed by atoms with Crippen molar-refractivity contribution in [3.05, 3.63) is 0 Å². The highest BCUT2D eigenvalue weighted by Gasteiger charge is 2.30. The van der Waals surface area contributed by atoms with Crippen LogP contribution in [-0.4, -0.2) is 34.1 Å². The molecule has 0 saturated heterocycles. The Morgan fingerprint density at radius 1 is 1.25 bits per heavy atom. The van der Waals surface area contributed by atoms with Gasteiger partial charge in [0.05, 0.1) is 6.42 Å². The van der Waals surface area contributed by atoms with Gasteiger partial charge in [-0.3, -0.25) is 9.59 Å². The zero-order valence-electron chi connectivity index (χ0n) is 9.61. The van der Waals surface area contributed by atoms with Crippen LogP contribution < -0.4 is 5.32 Å². The first-order chi connectivity index (χ1) is 7.20. The van der Waals surface area contributed by atoms with E-state index in [9.17, 15) is 14.4 Å². The van der Waals surface area contributed by atoms with Crippen LogP contribution in [0.1, 0.15) is 33.6 Å². The second-order valence-corrected chi connectivity index (χ2v) is 4.20. The highest BCUT2D eigenvalue weighted by Crippen LogP contribution is 2.19. The minimum Gasteiger partial charge on any atom is -0.481 e. The highest BCUT2D eigenvalue weighted by molar-refractivity contribution is 5.89. The van der Waals surface area contributed by atoms with Gasteiger partial charge in [0.1, 0.15) is 6.04 Å². The van der Waals surface area contributed by atoms with Crippen LogP contribution in [-0.2, 0) is 14.4 Å². The fourth-order valence-electron chi connectivity index (χ4n) is 0.889. The van der Waals surface area contributed by atoms with E-state index in [0.717, 1.165) is 0 Å². The lowest BCUT2D eigenvalue weighted by Gasteiger charge is -2.23. The number of nitrogens with one attached hydrogen (secondary N) is 1. The third-order valence-corrected chi connectivity index (χ3v) is 2.48. The summed E-state index contributed by atoms with van der Waals surface area (Å²) in [6.07, 6.45) is -0.0842. The first-order valence-electron chi connectivity index (χ1n) is 4.96. The molecule has 0 fully saturated rings. The second kappa shape index (κ2) is 5.48. The number of rotatable bonds is 6. The smallest absolute Gasteiger partial charge is 0.326 e. The summed E-state index contributed by atoms with van der Waals surface area (Å²) >= 11 is 0. The van der Waals surface area contributed by atoms with Crippen LogP contribution in [0.25, 0.3) is 0 Å². The van der Waals surface area contributed by atoms with E-state index in [1.54, 1.807) is 20.8 Å². The zero-order valence-corrected chi connectivity index (χ0v) is 9.61. The summed E-state index contributed by atoms with van der Waals surface area (Å²) in [5, 5.41) is 19.4. The van der Waals surface area contributed by atoms with Crippen molar-refractivity contribution in [3.63, 3.8) is 0 Å². The summed E-state index contributed by atoms with van der Waals surface area (Å²) < 4.78 is 0. The van der Waals surface area contributed by atoms with Gasteiger partial charge in [0.15, 0.2) is 0 Å². The van der Waals surface area contributed by atoms with E-state index >= 15 is 0 Å². The average molecular weight is 231 g/mol. The molecular weight excluding hydrogens is 214 g/mol. The van der Waals surface area contributed by atoms with Gasteiger partial charge in [0, 0.05) is 5.41 Å². The standard InChI is InChI=1S/C10H17NO5/c1-4-10(2,3)9(16)11-6(8(14)15)5-7(12)13/h6H,4-5H2,1-3H3,(H,11,16)(H,12,13)(H,14,15)/t6-/m0/s1. The van der Waals surface area contributed by atoms with Crippen molar-refractivity contribution in [1.82, 2.24) is 5.32 Å². The Balaban J connectivity index is 4.58. The van der Waals surface area contributed by atoms with Crippen LogP contribution in [0.4, 0.5) is 0 Å². The van der Waals surface area contributed by atoms with Crippen molar-refractivity contribution in [1.29, 1.82) is 0 Å². The number of aliphatic carboxylic acids is 2. The predicted molar refractivity (Wildman–Crippen MR) is 55.9 cm³/mol. The third-order valence-electron chi connectivity index (χ3n) is 2.48. The summed E-state index contributed by atoms with van der Waals surface area (Å²) in [6, 6.07) is -1.38. The monoisotopic (exact) mass is 231 g/mol. The molecule has 0 radical (unpaired) electrons. The summed E-state index contributed by atoms with van der Waals surface area (Å²) in [6.45, 7) is 5.14. The van der Waals surface area contributed by atoms with Gasteiger partial charge in [0.2, 0.25) is 5.91 Å². The van der Waals surface area contributed by atoms with Gasteiger partial charge < -0.3 is 15.5 Å². The summed E-state index contributed by atoms with van der Waals surface area (Å²) in [5.41, 5.74) is -0.702. The molecule has 0 unspecified atom stereocenters. The van der Waals surface area contributed by atoms with Crippen LogP contribution in [0, 0.1) is 5.41 Å². The number of carbonyl (C=O) groups is 3. The quantitative estimate of drug-likeness (QED) is 0.616. The molecule has 6 heteroatoms. The number of hydrogen-bond acceptors (Lipinski definition) is 3. The molecule has 0 bridgehead atoms. The molecule has 0 aliphatic heterocycles. The predicted octanol–water partition coefficient (Wildman–Crippen LogP) is 0.467. The largest absolute Gasteiger partial charge is 0.481 e. The molecule has 0 aromatic heterocycles. The van der Waals surface area contributed by atoms with Crippen molar-refractivity contribution < 1.29 is 24.6 Å². The molecule has 0 heterocycles. The maximum atomic E-state index is 11.6. The lowest BCUT2D eigenvalue weighted by molar-refractivity contribution is -0.148. The van der Waals surface area contributed by atoms with Gasteiger partial charge in [-0.15, -0.1) is 0 Å². The van der Waals surface area contributed by atoms with Crippen molar-refractivity contribution in [2.75, 3.05) is 0 Å². The molecule has 0 spiro atoms. The van der Waals surface area contributed by atoms with Crippen LogP contribution in [0.15, 0.2) is 0 Å². The first kappa shape index (κ1) is 14.4.